The number of rotatable bonds is 4. The zero-order valence-corrected chi connectivity index (χ0v) is 14.8. The topological polar surface area (TPSA) is 66.0 Å². The van der Waals surface area contributed by atoms with Crippen LogP contribution in [-0.2, 0) is 10.5 Å². The van der Waals surface area contributed by atoms with Gasteiger partial charge in [-0.25, -0.2) is 0 Å². The van der Waals surface area contributed by atoms with Crippen molar-refractivity contribution in [2.45, 2.75) is 18.1 Å². The lowest BCUT2D eigenvalue weighted by Crippen LogP contribution is -2.30. The summed E-state index contributed by atoms with van der Waals surface area (Å²) < 4.78 is 5.44. The van der Waals surface area contributed by atoms with Crippen molar-refractivity contribution in [2.75, 3.05) is 0 Å². The summed E-state index contributed by atoms with van der Waals surface area (Å²) in [4.78, 5) is 12.1. The van der Waals surface area contributed by atoms with Crippen molar-refractivity contribution >= 4 is 28.4 Å². The normalized spacial score (nSPS) is 17.2. The van der Waals surface area contributed by atoms with E-state index < -0.39 is 0 Å². The maximum Gasteiger partial charge on any atom is 0.225 e. The Morgan fingerprint density at radius 2 is 2.00 bits per heavy atom. The maximum absolute atomic E-state index is 12.1. The molecule has 0 fully saturated rings. The highest BCUT2D eigenvalue weighted by Gasteiger charge is 2.31. The lowest BCUT2D eigenvalue weighted by atomic mass is 9.92. The summed E-state index contributed by atoms with van der Waals surface area (Å²) in [6, 6.07) is 20.4. The predicted octanol–water partition coefficient (Wildman–Crippen LogP) is 4.70. The molecule has 1 aromatic heterocycles. The van der Waals surface area contributed by atoms with Crippen LogP contribution in [0.2, 0.25) is 0 Å². The lowest BCUT2D eigenvalue weighted by Gasteiger charge is -2.23. The van der Waals surface area contributed by atoms with Crippen LogP contribution in [0.15, 0.2) is 75.9 Å². The molecular formula is C21H16N2O2S. The zero-order valence-electron chi connectivity index (χ0n) is 13.9. The molecule has 0 saturated heterocycles. The van der Waals surface area contributed by atoms with Gasteiger partial charge in [0.2, 0.25) is 5.91 Å². The fourth-order valence-electron chi connectivity index (χ4n) is 3.15. The molecule has 1 amide bonds. The number of fused-ring (bicyclic) bond motifs is 1. The van der Waals surface area contributed by atoms with Crippen molar-refractivity contribution in [3.63, 3.8) is 0 Å². The summed E-state index contributed by atoms with van der Waals surface area (Å²) in [6.45, 7) is 0. The molecule has 0 unspecified atom stereocenters. The predicted molar refractivity (Wildman–Crippen MR) is 102 cm³/mol. The number of nitrogens with one attached hydrogen (secondary N) is 1. The van der Waals surface area contributed by atoms with E-state index in [4.69, 9.17) is 4.42 Å². The molecule has 0 spiro atoms. The summed E-state index contributed by atoms with van der Waals surface area (Å²) in [5.41, 5.74) is 1.71. The van der Waals surface area contributed by atoms with Crippen molar-refractivity contribution in [3.8, 4) is 6.07 Å². The molecule has 3 aromatic rings. The number of furan rings is 1. The van der Waals surface area contributed by atoms with Crippen LogP contribution < -0.4 is 5.32 Å². The molecule has 0 saturated carbocycles. The van der Waals surface area contributed by atoms with Gasteiger partial charge in [0, 0.05) is 12.2 Å². The highest BCUT2D eigenvalue weighted by molar-refractivity contribution is 8.02. The summed E-state index contributed by atoms with van der Waals surface area (Å²) in [7, 11) is 0. The van der Waals surface area contributed by atoms with E-state index in [9.17, 15) is 10.1 Å². The minimum atomic E-state index is -0.317. The number of amides is 1. The van der Waals surface area contributed by atoms with Crippen molar-refractivity contribution in [1.82, 2.24) is 5.32 Å². The van der Waals surface area contributed by atoms with E-state index in [1.165, 1.54) is 22.5 Å². The van der Waals surface area contributed by atoms with Crippen LogP contribution in [0.25, 0.3) is 10.8 Å². The van der Waals surface area contributed by atoms with Gasteiger partial charge in [-0.15, -0.1) is 11.8 Å². The first-order valence-electron chi connectivity index (χ1n) is 8.32. The van der Waals surface area contributed by atoms with E-state index in [1.807, 2.05) is 18.2 Å². The summed E-state index contributed by atoms with van der Waals surface area (Å²) in [5.74, 6) is 0.922. The third-order valence-corrected chi connectivity index (χ3v) is 5.53. The second kappa shape index (κ2) is 7.11. The molecule has 0 bridgehead atoms. The van der Waals surface area contributed by atoms with Crippen molar-refractivity contribution in [2.24, 2.45) is 0 Å². The number of carbonyl (C=O) groups excluding carboxylic acids is 1. The minimum Gasteiger partial charge on any atom is -0.469 e. The molecule has 2 heterocycles. The molecule has 2 aromatic carbocycles. The second-order valence-corrected chi connectivity index (χ2v) is 7.13. The Morgan fingerprint density at radius 1 is 1.15 bits per heavy atom. The minimum absolute atomic E-state index is 0.0913. The highest BCUT2D eigenvalue weighted by Crippen LogP contribution is 2.37. The first kappa shape index (κ1) is 16.5. The molecule has 0 aliphatic carbocycles. The Labute approximate surface area is 155 Å². The number of hydrogen-bond acceptors (Lipinski definition) is 4. The average molecular weight is 360 g/mol. The maximum atomic E-state index is 12.1. The highest BCUT2D eigenvalue weighted by atomic mass is 32.2. The average Bonchev–Trinajstić information content (AvgIpc) is 3.20. The van der Waals surface area contributed by atoms with E-state index >= 15 is 0 Å². The molecule has 1 aliphatic rings. The van der Waals surface area contributed by atoms with Crippen LogP contribution in [-0.4, -0.2) is 5.91 Å². The van der Waals surface area contributed by atoms with Gasteiger partial charge in [0.15, 0.2) is 0 Å². The van der Waals surface area contributed by atoms with Gasteiger partial charge in [-0.1, -0.05) is 42.5 Å². The Hall–Kier alpha value is -2.97. The second-order valence-electron chi connectivity index (χ2n) is 6.15. The fraction of sp³-hybridized carbons (Fsp3) is 0.143. The number of benzene rings is 2. The number of nitriles is 1. The molecule has 0 radical (unpaired) electrons. The smallest absolute Gasteiger partial charge is 0.225 e. The fourth-order valence-corrected chi connectivity index (χ4v) is 4.17. The van der Waals surface area contributed by atoms with Gasteiger partial charge < -0.3 is 9.73 Å². The zero-order chi connectivity index (χ0) is 17.9. The standard InChI is InChI=1S/C21H16N2O2S/c22-12-18-17(19-6-3-9-25-19)11-20(24)23-21(18)26-13-14-7-8-15-4-1-2-5-16(15)10-14/h1-10,17H,11,13H2,(H,23,24)/t17-/m1/s1. The van der Waals surface area contributed by atoms with E-state index in [1.54, 1.807) is 12.3 Å². The van der Waals surface area contributed by atoms with Crippen LogP contribution in [0.1, 0.15) is 23.7 Å². The van der Waals surface area contributed by atoms with Crippen LogP contribution in [0.5, 0.6) is 0 Å². The van der Waals surface area contributed by atoms with E-state index in [0.717, 1.165) is 5.56 Å². The number of carbonyl (C=O) groups is 1. The lowest BCUT2D eigenvalue weighted by molar-refractivity contribution is -0.120. The number of hydrogen-bond donors (Lipinski definition) is 1. The molecule has 4 rings (SSSR count). The number of nitrogens with zero attached hydrogens (tertiary/aromatic N) is 1. The van der Waals surface area contributed by atoms with Gasteiger partial charge in [-0.2, -0.15) is 5.26 Å². The Morgan fingerprint density at radius 3 is 2.77 bits per heavy atom. The van der Waals surface area contributed by atoms with Gasteiger partial charge in [-0.05, 0) is 28.5 Å². The van der Waals surface area contributed by atoms with E-state index in [-0.39, 0.29) is 18.2 Å². The van der Waals surface area contributed by atoms with E-state index in [2.05, 4.69) is 41.7 Å². The number of allylic oxidation sites excluding steroid dienone is 1. The van der Waals surface area contributed by atoms with Crippen molar-refractivity contribution in [1.29, 1.82) is 5.26 Å². The first-order chi connectivity index (χ1) is 12.7. The SMILES string of the molecule is N#CC1=C(SCc2ccc3ccccc3c2)NC(=O)C[C@H]1c1ccco1. The van der Waals surface area contributed by atoms with Gasteiger partial charge in [0.1, 0.15) is 5.76 Å². The number of thioether (sulfide) groups is 1. The summed E-state index contributed by atoms with van der Waals surface area (Å²) in [5, 5.41) is 15.5. The molecule has 4 nitrogen and oxygen atoms in total. The van der Waals surface area contributed by atoms with Crippen LogP contribution in [0.3, 0.4) is 0 Å². The van der Waals surface area contributed by atoms with Crippen molar-refractivity contribution < 1.29 is 9.21 Å². The Bertz CT molecular complexity index is 1030. The molecule has 1 atom stereocenters. The third-order valence-electron chi connectivity index (χ3n) is 4.44. The molecule has 1 aliphatic heterocycles. The Balaban J connectivity index is 1.60. The van der Waals surface area contributed by atoms with Crippen molar-refractivity contribution in [3.05, 3.63) is 82.8 Å². The van der Waals surface area contributed by atoms with Crippen LogP contribution in [0.4, 0.5) is 0 Å². The quantitative estimate of drug-likeness (QED) is 0.732. The third kappa shape index (κ3) is 3.24. The first-order valence-corrected chi connectivity index (χ1v) is 9.31. The van der Waals surface area contributed by atoms with Gasteiger partial charge in [-0.3, -0.25) is 4.79 Å². The van der Waals surface area contributed by atoms with E-state index in [0.29, 0.717) is 22.1 Å². The van der Waals surface area contributed by atoms with Gasteiger partial charge in [0.25, 0.3) is 0 Å². The summed E-state index contributed by atoms with van der Waals surface area (Å²) in [6.07, 6.45) is 1.80. The van der Waals surface area contributed by atoms with Gasteiger partial charge >= 0.3 is 0 Å². The largest absolute Gasteiger partial charge is 0.469 e. The molecular weight excluding hydrogens is 344 g/mol. The summed E-state index contributed by atoms with van der Waals surface area (Å²) >= 11 is 1.48. The molecule has 5 heteroatoms. The molecule has 1 N–H and O–H groups in total. The molecule has 26 heavy (non-hydrogen) atoms. The van der Waals surface area contributed by atoms with Crippen LogP contribution in [0, 0.1) is 11.3 Å². The Kier molecular flexibility index (Phi) is 4.51. The molecule has 128 valence electrons. The monoisotopic (exact) mass is 360 g/mol. The van der Waals surface area contributed by atoms with Crippen LogP contribution >= 0.6 is 11.8 Å². The van der Waals surface area contributed by atoms with Gasteiger partial charge in [0.05, 0.1) is 28.9 Å².